The molecule has 0 aliphatic rings. The SMILES string of the molecule is Cl.O=C(O)[N+](=O)[O-]. The van der Waals surface area contributed by atoms with E-state index in [1.54, 1.807) is 0 Å². The summed E-state index contributed by atoms with van der Waals surface area (Å²) in [6.07, 6.45) is -2.02. The second-order valence-corrected chi connectivity index (χ2v) is 0.540. The molecule has 1 N–H and O–H groups in total. The molecule has 0 unspecified atom stereocenters. The Morgan fingerprint density at radius 3 is 1.86 bits per heavy atom. The summed E-state index contributed by atoms with van der Waals surface area (Å²) in [5.41, 5.74) is 0. The van der Waals surface area contributed by atoms with E-state index in [9.17, 15) is 0 Å². The van der Waals surface area contributed by atoms with Crippen molar-refractivity contribution in [2.24, 2.45) is 0 Å². The topological polar surface area (TPSA) is 80.4 Å². The first kappa shape index (κ1) is 9.48. The number of carbonyl (C=O) groups is 1. The van der Waals surface area contributed by atoms with Crippen LogP contribution in [0.3, 0.4) is 0 Å². The van der Waals surface area contributed by atoms with Gasteiger partial charge >= 0.3 is 6.09 Å². The van der Waals surface area contributed by atoms with Crippen LogP contribution in [0.1, 0.15) is 0 Å². The number of hydrogen-bond acceptors (Lipinski definition) is 3. The number of amides is 1. The summed E-state index contributed by atoms with van der Waals surface area (Å²) in [5, 5.41) is 16.2. The lowest BCUT2D eigenvalue weighted by Gasteiger charge is -1.70. The Hall–Kier alpha value is -0.840. The van der Waals surface area contributed by atoms with Gasteiger partial charge in [-0.05, 0) is 0 Å². The molecule has 42 valence electrons. The summed E-state index contributed by atoms with van der Waals surface area (Å²) in [7, 11) is 0. The molecule has 0 aromatic carbocycles. The molecule has 0 spiro atoms. The van der Waals surface area contributed by atoms with Gasteiger partial charge in [0, 0.05) is 0 Å². The summed E-state index contributed by atoms with van der Waals surface area (Å²) in [6, 6.07) is 0. The average molecular weight is 127 g/mol. The molecule has 0 aliphatic carbocycles. The second-order valence-electron chi connectivity index (χ2n) is 0.540. The monoisotopic (exact) mass is 127 g/mol. The summed E-state index contributed by atoms with van der Waals surface area (Å²) >= 11 is 0. The van der Waals surface area contributed by atoms with Crippen molar-refractivity contribution >= 4 is 18.5 Å². The van der Waals surface area contributed by atoms with Crippen LogP contribution in [0.25, 0.3) is 0 Å². The number of carboxylic acid groups (broad SMARTS) is 1. The third kappa shape index (κ3) is 5.16. The van der Waals surface area contributed by atoms with E-state index in [2.05, 4.69) is 0 Å². The molecule has 0 atom stereocenters. The molecule has 0 radical (unpaired) electrons. The highest BCUT2D eigenvalue weighted by Gasteiger charge is 2.07. The Morgan fingerprint density at radius 2 is 1.86 bits per heavy atom. The number of nitro groups is 1. The summed E-state index contributed by atoms with van der Waals surface area (Å²) in [5.74, 6) is 0. The largest absolute Gasteiger partial charge is 0.654 e. The smallest absolute Gasteiger partial charge is 0.423 e. The molecule has 0 aromatic rings. The summed E-state index contributed by atoms with van der Waals surface area (Å²) < 4.78 is 0. The van der Waals surface area contributed by atoms with E-state index in [1.807, 2.05) is 0 Å². The van der Waals surface area contributed by atoms with E-state index < -0.39 is 11.0 Å². The van der Waals surface area contributed by atoms with Crippen molar-refractivity contribution in [1.82, 2.24) is 0 Å². The van der Waals surface area contributed by atoms with Gasteiger partial charge in [-0.25, -0.2) is 0 Å². The Morgan fingerprint density at radius 1 is 1.71 bits per heavy atom. The van der Waals surface area contributed by atoms with Crippen LogP contribution in [0.5, 0.6) is 0 Å². The van der Waals surface area contributed by atoms with Crippen LogP contribution in [0.4, 0.5) is 4.79 Å². The van der Waals surface area contributed by atoms with Crippen molar-refractivity contribution in [1.29, 1.82) is 0 Å². The highest BCUT2D eigenvalue weighted by Crippen LogP contribution is 1.64. The minimum absolute atomic E-state index is 0. The predicted molar refractivity (Wildman–Crippen MR) is 22.3 cm³/mol. The standard InChI is InChI=1S/CHNO4.ClH/c3-1(4)2(5)6;/h(H,3,4);1H. The molecule has 0 aliphatic heterocycles. The molecule has 7 heavy (non-hydrogen) atoms. The highest BCUT2D eigenvalue weighted by atomic mass is 35.5. The van der Waals surface area contributed by atoms with Crippen molar-refractivity contribution in [3.8, 4) is 0 Å². The average Bonchev–Trinajstić information content (AvgIpc) is 1.36. The van der Waals surface area contributed by atoms with Crippen LogP contribution in [0.15, 0.2) is 0 Å². The van der Waals surface area contributed by atoms with Gasteiger partial charge in [-0.2, -0.15) is 4.79 Å². The lowest BCUT2D eigenvalue weighted by atomic mass is 11.3. The lowest BCUT2D eigenvalue weighted by molar-refractivity contribution is -0.392. The first-order valence-corrected chi connectivity index (χ1v) is 1.02. The van der Waals surface area contributed by atoms with Gasteiger partial charge < -0.3 is 5.11 Å². The Kier molecular flexibility index (Phi) is 4.54. The van der Waals surface area contributed by atoms with E-state index in [4.69, 9.17) is 20.0 Å². The van der Waals surface area contributed by atoms with E-state index >= 15 is 0 Å². The molecule has 0 aromatic heterocycles. The molecule has 1 amide bonds. The molecule has 6 heteroatoms. The van der Waals surface area contributed by atoms with Crippen molar-refractivity contribution in [3.05, 3.63) is 10.1 Å². The summed E-state index contributed by atoms with van der Waals surface area (Å²) in [4.78, 5) is 16.5. The maximum absolute atomic E-state index is 9.00. The van der Waals surface area contributed by atoms with Gasteiger partial charge in [0.15, 0.2) is 0 Å². The third-order valence-electron chi connectivity index (χ3n) is 0.156. The van der Waals surface area contributed by atoms with Gasteiger partial charge in [0.05, 0.1) is 0 Å². The predicted octanol–water partition coefficient (Wildman–Crippen LogP) is 0.363. The molecule has 0 saturated heterocycles. The number of halogens is 1. The van der Waals surface area contributed by atoms with Gasteiger partial charge in [-0.3, -0.25) is 10.1 Å². The van der Waals surface area contributed by atoms with Gasteiger partial charge in [0.25, 0.3) is 0 Å². The Balaban J connectivity index is 0. The zero-order valence-corrected chi connectivity index (χ0v) is 3.84. The molecule has 0 saturated carbocycles. The number of nitrogens with zero attached hydrogens (tertiary/aromatic N) is 1. The molecule has 5 nitrogen and oxygen atoms in total. The van der Waals surface area contributed by atoms with Crippen molar-refractivity contribution in [2.45, 2.75) is 0 Å². The Bertz CT molecular complexity index is 77.7. The van der Waals surface area contributed by atoms with Gasteiger partial charge in [0.2, 0.25) is 0 Å². The van der Waals surface area contributed by atoms with Crippen LogP contribution in [-0.2, 0) is 0 Å². The van der Waals surface area contributed by atoms with Crippen LogP contribution < -0.4 is 0 Å². The lowest BCUT2D eigenvalue weighted by Crippen LogP contribution is -2.05. The first-order chi connectivity index (χ1) is 2.64. The number of rotatable bonds is 0. The molecular formula is CH2ClNO4. The molecule has 0 fully saturated rings. The van der Waals surface area contributed by atoms with Crippen molar-refractivity contribution in [3.63, 3.8) is 0 Å². The van der Waals surface area contributed by atoms with E-state index in [1.165, 1.54) is 0 Å². The second kappa shape index (κ2) is 3.35. The minimum Gasteiger partial charge on any atom is -0.423 e. The van der Waals surface area contributed by atoms with Crippen molar-refractivity contribution in [2.75, 3.05) is 0 Å². The van der Waals surface area contributed by atoms with Gasteiger partial charge in [-0.15, -0.1) is 12.4 Å². The van der Waals surface area contributed by atoms with E-state index in [0.29, 0.717) is 0 Å². The zero-order valence-electron chi connectivity index (χ0n) is 3.03. The van der Waals surface area contributed by atoms with Crippen LogP contribution in [-0.4, -0.2) is 16.1 Å². The maximum atomic E-state index is 9.00. The highest BCUT2D eigenvalue weighted by molar-refractivity contribution is 5.85. The fourth-order valence-electron chi connectivity index (χ4n) is 0. The quantitative estimate of drug-likeness (QED) is 0.376. The maximum Gasteiger partial charge on any atom is 0.654 e. The van der Waals surface area contributed by atoms with E-state index in [-0.39, 0.29) is 12.4 Å². The molecular weight excluding hydrogens is 125 g/mol. The van der Waals surface area contributed by atoms with Crippen LogP contribution in [0, 0.1) is 10.1 Å². The van der Waals surface area contributed by atoms with Gasteiger partial charge in [-0.1, -0.05) is 0 Å². The molecule has 0 heterocycles. The zero-order chi connectivity index (χ0) is 5.15. The minimum atomic E-state index is -2.02. The van der Waals surface area contributed by atoms with Crippen molar-refractivity contribution < 1.29 is 14.8 Å². The normalized spacial score (nSPS) is 6.29. The van der Waals surface area contributed by atoms with Gasteiger partial charge in [0.1, 0.15) is 4.92 Å². The third-order valence-corrected chi connectivity index (χ3v) is 0.156. The first-order valence-electron chi connectivity index (χ1n) is 1.02. The van der Waals surface area contributed by atoms with E-state index in [0.717, 1.165) is 0 Å². The fourth-order valence-corrected chi connectivity index (χ4v) is 0. The molecule has 0 rings (SSSR count). The summed E-state index contributed by atoms with van der Waals surface area (Å²) in [6.45, 7) is 0. The van der Waals surface area contributed by atoms with Crippen LogP contribution >= 0.6 is 12.4 Å². The number of hydrogen-bond donors (Lipinski definition) is 1. The van der Waals surface area contributed by atoms with Crippen LogP contribution in [0.2, 0.25) is 0 Å². The Labute approximate surface area is 44.5 Å². The molecule has 0 bridgehead atoms. The fraction of sp³-hybridized carbons (Fsp3) is 0.